The van der Waals surface area contributed by atoms with E-state index in [1.165, 1.54) is 0 Å². The highest BCUT2D eigenvalue weighted by Gasteiger charge is 2.76. The molecule has 33 rings (SSSR count). The molecule has 1 heterocycles. The zero-order chi connectivity index (χ0) is 47.6. The first-order chi connectivity index (χ1) is 38.7. The first-order valence-corrected chi connectivity index (χ1v) is 29.7. The minimum atomic E-state index is -0.186. The molecule has 5 heteroatoms. The summed E-state index contributed by atoms with van der Waals surface area (Å²) in [6, 6.07) is 0. The Morgan fingerprint density at radius 1 is 0.256 bits per heavy atom. The Morgan fingerprint density at radius 3 is 0.615 bits per heavy atom. The van der Waals surface area contributed by atoms with Crippen molar-refractivity contribution in [3.8, 4) is 0 Å². The number of hydrogen-bond acceptors (Lipinski definition) is 4. The Bertz CT molecular complexity index is 6730. The third-order valence-corrected chi connectivity index (χ3v) is 27.1. The van der Waals surface area contributed by atoms with Crippen molar-refractivity contribution in [1.82, 2.24) is 0 Å². The highest BCUT2D eigenvalue weighted by Crippen LogP contribution is 2.85. The highest BCUT2D eigenvalue weighted by atomic mass is 16.5. The molecule has 0 amide bonds. The lowest BCUT2D eigenvalue weighted by molar-refractivity contribution is -0.900. The average Bonchev–Trinajstić information content (AvgIpc) is 1.51. The van der Waals surface area contributed by atoms with Gasteiger partial charge in [0, 0.05) is 13.0 Å². The standard InChI is InChI=1S/C73H29N2O3/c1-75(5-3-7-77-9-11-78-10-8-76-6-2-4-74)12-72-68-60-52-42-32-24-16-14-15-18-22-20(16)28-36-30(22)40-34-26(18)27-19(15)23-21-17(14)25(24)33-39-29(21)37-31(23)41-35(27)45-44(34)54-48(40)58-50(36)56(46(52)38(28)32)64(68)66(58)70-62(54)63-55(45)49(41)59-51(37)57-47(39)53(43(33)42)61(60)69(72)65(57)67(59)71(63)73(70,72)13-75/h2-13,74H2,1H3/q+1. The topological polar surface area (TPSA) is 53.7 Å². The van der Waals surface area contributed by atoms with Gasteiger partial charge in [-0.25, -0.2) is 0 Å². The second kappa shape index (κ2) is 8.13. The molecule has 2 spiro atoms. The molecule has 1 fully saturated rings. The van der Waals surface area contributed by atoms with Crippen LogP contribution in [0.3, 0.4) is 0 Å². The minimum Gasteiger partial charge on any atom is -0.379 e. The van der Waals surface area contributed by atoms with Crippen molar-refractivity contribution in [3.05, 3.63) is 22.3 Å². The number of nitrogens with zero attached hydrogens (tertiary/aromatic N) is 1. The van der Waals surface area contributed by atoms with Crippen LogP contribution in [0.1, 0.15) is 35.1 Å². The summed E-state index contributed by atoms with van der Waals surface area (Å²) in [6.07, 6.45) is 1.94. The summed E-state index contributed by atoms with van der Waals surface area (Å²) in [5.41, 5.74) is 12.5. The summed E-state index contributed by atoms with van der Waals surface area (Å²) in [7, 11) is 2.72. The fourth-order valence-electron chi connectivity index (χ4n) is 26.8. The lowest BCUT2D eigenvalue weighted by Crippen LogP contribution is -2.51. The molecule has 348 valence electrons. The Balaban J connectivity index is 0.875. The number of ether oxygens (including phenoxy) is 3. The average molecular weight is 982 g/mol. The number of hydrogen-bond donors (Lipinski definition) is 1. The Hall–Kier alpha value is -7.74. The predicted octanol–water partition coefficient (Wildman–Crippen LogP) is 16.5. The molecule has 2 N–H and O–H groups in total. The minimum absolute atomic E-state index is 0.186. The second-order valence-corrected chi connectivity index (χ2v) is 28.6. The molecular weight excluding hydrogens is 953 g/mol. The molecule has 0 radical (unpaired) electrons. The first kappa shape index (κ1) is 32.9. The molecule has 78 heavy (non-hydrogen) atoms. The Labute approximate surface area is 431 Å². The van der Waals surface area contributed by atoms with Crippen molar-refractivity contribution in [2.75, 3.05) is 72.9 Å². The van der Waals surface area contributed by atoms with E-state index >= 15 is 0 Å². The second-order valence-electron chi connectivity index (χ2n) is 28.6. The van der Waals surface area contributed by atoms with Crippen molar-refractivity contribution in [2.45, 2.75) is 23.7 Å². The maximum atomic E-state index is 6.50. The van der Waals surface area contributed by atoms with Gasteiger partial charge in [-0.2, -0.15) is 0 Å². The fraction of sp³-hybridized carbons (Fsp3) is 0.205. The van der Waals surface area contributed by atoms with Gasteiger partial charge in [0.1, 0.15) is 0 Å². The SMILES string of the molecule is C[N+]1(CCCOCCOCCOCCCN)CC23c4c5c6c7c8c9c(c%10c%11c2c2c4c4c%12c5c5c6c6c8c8c%13c9c9c%10c%10c%11c%11c2c2c4c4c%12c%12c5c5c6c8c6c8c%13c9c9c%10c%10c%11c2c2c4c4c%12c5c6c5c8c9c%10c2c45)C73C1. The van der Waals surface area contributed by atoms with Crippen LogP contribution in [0, 0.1) is 0 Å². The van der Waals surface area contributed by atoms with Crippen molar-refractivity contribution < 1.29 is 18.7 Å². The smallest absolute Gasteiger partial charge is 0.0940 e. The van der Waals surface area contributed by atoms with E-state index in [1.807, 2.05) is 0 Å². The van der Waals surface area contributed by atoms with E-state index < -0.39 is 0 Å². The summed E-state index contributed by atoms with van der Waals surface area (Å²) in [5, 5.41) is 90.7. The van der Waals surface area contributed by atoms with E-state index in [2.05, 4.69) is 7.05 Å². The highest BCUT2D eigenvalue weighted by molar-refractivity contribution is 6.82. The van der Waals surface area contributed by atoms with Crippen molar-refractivity contribution >= 4 is 291 Å². The van der Waals surface area contributed by atoms with Crippen LogP contribution in [0.5, 0.6) is 0 Å². The van der Waals surface area contributed by atoms with Crippen molar-refractivity contribution in [1.29, 1.82) is 0 Å². The van der Waals surface area contributed by atoms with E-state index in [9.17, 15) is 0 Å². The molecule has 0 unspecified atom stereocenters. The molecule has 4 aliphatic carbocycles. The Kier molecular flexibility index (Phi) is 3.43. The van der Waals surface area contributed by atoms with Crippen LogP contribution in [-0.4, -0.2) is 77.4 Å². The van der Waals surface area contributed by atoms with Gasteiger partial charge in [-0.15, -0.1) is 0 Å². The molecule has 1 saturated heterocycles. The molecule has 28 aromatic rings. The van der Waals surface area contributed by atoms with Crippen LogP contribution in [0.2, 0.25) is 0 Å². The van der Waals surface area contributed by atoms with Gasteiger partial charge in [-0.1, -0.05) is 0 Å². The number of rotatable bonds is 13. The molecular formula is C73H29N2O3+. The number of likely N-dealkylation sites (N-methyl/N-ethyl adjacent to an activating group) is 1. The monoisotopic (exact) mass is 981 g/mol. The lowest BCUT2D eigenvalue weighted by Gasteiger charge is -2.47. The van der Waals surface area contributed by atoms with E-state index in [0.29, 0.717) is 39.6 Å². The van der Waals surface area contributed by atoms with Crippen LogP contribution in [0.25, 0.3) is 291 Å². The maximum Gasteiger partial charge on any atom is 0.0940 e. The van der Waals surface area contributed by atoms with Crippen molar-refractivity contribution in [3.63, 3.8) is 0 Å². The summed E-state index contributed by atoms with van der Waals surface area (Å²) in [6.45, 7) is 8.00. The van der Waals surface area contributed by atoms with Gasteiger partial charge in [0.15, 0.2) is 0 Å². The van der Waals surface area contributed by atoms with Crippen LogP contribution >= 0.6 is 0 Å². The number of benzene rings is 18. The van der Waals surface area contributed by atoms with Gasteiger partial charge < -0.3 is 24.4 Å². The van der Waals surface area contributed by atoms with Gasteiger partial charge >= 0.3 is 0 Å². The van der Waals surface area contributed by atoms with E-state index in [-0.39, 0.29) is 10.8 Å². The summed E-state index contributed by atoms with van der Waals surface area (Å²) < 4.78 is 19.3. The van der Waals surface area contributed by atoms with Gasteiger partial charge in [-0.3, -0.25) is 0 Å². The third-order valence-electron chi connectivity index (χ3n) is 27.1. The number of likely N-dealkylation sites (tertiary alicyclic amines) is 1. The summed E-state index contributed by atoms with van der Waals surface area (Å²) >= 11 is 0. The zero-order valence-corrected chi connectivity index (χ0v) is 41.7. The molecule has 28 aromatic carbocycles. The molecule has 0 aromatic heterocycles. The quantitative estimate of drug-likeness (QED) is 0.0710. The van der Waals surface area contributed by atoms with Gasteiger partial charge in [0.05, 0.1) is 70.5 Å². The first-order valence-electron chi connectivity index (χ1n) is 29.7. The van der Waals surface area contributed by atoms with Gasteiger partial charge in [0.25, 0.3) is 0 Å². The van der Waals surface area contributed by atoms with Gasteiger partial charge in [-0.05, 0) is 326 Å². The largest absolute Gasteiger partial charge is 0.379 e. The van der Waals surface area contributed by atoms with E-state index in [0.717, 1.165) is 43.6 Å². The van der Waals surface area contributed by atoms with Crippen LogP contribution in [0.4, 0.5) is 0 Å². The molecule has 0 atom stereocenters. The molecule has 1 aliphatic heterocycles. The van der Waals surface area contributed by atoms with E-state index in [4.69, 9.17) is 19.9 Å². The number of nitrogens with two attached hydrogens (primary N) is 1. The van der Waals surface area contributed by atoms with Gasteiger partial charge in [0.2, 0.25) is 0 Å². The fourth-order valence-corrected chi connectivity index (χ4v) is 26.8. The zero-order valence-electron chi connectivity index (χ0n) is 41.7. The maximum absolute atomic E-state index is 6.50. The van der Waals surface area contributed by atoms with Crippen LogP contribution < -0.4 is 5.73 Å². The van der Waals surface area contributed by atoms with Crippen LogP contribution in [-0.2, 0) is 25.0 Å². The molecule has 0 saturated carbocycles. The predicted molar refractivity (Wildman–Crippen MR) is 325 cm³/mol. The molecule has 0 bridgehead atoms. The summed E-state index contributed by atoms with van der Waals surface area (Å²) in [5.74, 6) is 0. The normalized spacial score (nSPS) is 23.5. The van der Waals surface area contributed by atoms with Crippen LogP contribution in [0.15, 0.2) is 0 Å². The molecule has 5 nitrogen and oxygen atoms in total. The summed E-state index contributed by atoms with van der Waals surface area (Å²) in [4.78, 5) is 0. The molecule has 5 aliphatic rings. The van der Waals surface area contributed by atoms with Crippen molar-refractivity contribution in [2.24, 2.45) is 5.73 Å². The third kappa shape index (κ3) is 2.01. The number of quaternary nitrogens is 1. The Morgan fingerprint density at radius 2 is 0.423 bits per heavy atom. The lowest BCUT2D eigenvalue weighted by atomic mass is 9.50. The van der Waals surface area contributed by atoms with E-state index in [1.54, 1.807) is 313 Å².